The summed E-state index contributed by atoms with van der Waals surface area (Å²) in [5.41, 5.74) is 1.19. The van der Waals surface area contributed by atoms with Gasteiger partial charge in [0.25, 0.3) is 0 Å². The van der Waals surface area contributed by atoms with Gasteiger partial charge in [0.15, 0.2) is 0 Å². The van der Waals surface area contributed by atoms with Crippen LogP contribution in [-0.4, -0.2) is 35.1 Å². The number of rotatable bonds is 6. The van der Waals surface area contributed by atoms with Crippen molar-refractivity contribution >= 4 is 34.8 Å². The standard InChI is InChI=1S/C13H15Cl2N5/c1-20(10-6-3-2-4-7-10)9-5-8-16-13-18-11(14)17-12(15)19-13/h2-4,6-7H,5,8-9H2,1H3,(H,16,17,18,19). The highest BCUT2D eigenvalue weighted by Crippen LogP contribution is 2.12. The molecular weight excluding hydrogens is 297 g/mol. The van der Waals surface area contributed by atoms with Gasteiger partial charge < -0.3 is 10.2 Å². The fourth-order valence-corrected chi connectivity index (χ4v) is 2.10. The Hall–Kier alpha value is -1.59. The van der Waals surface area contributed by atoms with Gasteiger partial charge >= 0.3 is 0 Å². The van der Waals surface area contributed by atoms with Gasteiger partial charge in [0, 0.05) is 25.8 Å². The first-order valence-corrected chi connectivity index (χ1v) is 6.98. The van der Waals surface area contributed by atoms with Crippen molar-refractivity contribution < 1.29 is 0 Å². The molecule has 0 aliphatic heterocycles. The van der Waals surface area contributed by atoms with E-state index in [1.165, 1.54) is 5.69 Å². The minimum Gasteiger partial charge on any atom is -0.375 e. The molecule has 1 heterocycles. The molecule has 1 aromatic heterocycles. The summed E-state index contributed by atoms with van der Waals surface area (Å²) in [5, 5.41) is 3.26. The van der Waals surface area contributed by atoms with E-state index in [-0.39, 0.29) is 10.6 Å². The van der Waals surface area contributed by atoms with Crippen molar-refractivity contribution in [1.82, 2.24) is 15.0 Å². The van der Waals surface area contributed by atoms with Gasteiger partial charge in [0.05, 0.1) is 0 Å². The number of nitrogens with one attached hydrogen (secondary N) is 1. The molecule has 0 amide bonds. The number of hydrogen-bond donors (Lipinski definition) is 1. The Bertz CT molecular complexity index is 529. The first kappa shape index (κ1) is 14.8. The van der Waals surface area contributed by atoms with Crippen LogP contribution >= 0.6 is 23.2 Å². The lowest BCUT2D eigenvalue weighted by atomic mass is 10.3. The molecule has 0 bridgehead atoms. The van der Waals surface area contributed by atoms with Crippen LogP contribution in [-0.2, 0) is 0 Å². The number of anilines is 2. The first-order chi connectivity index (χ1) is 9.65. The predicted molar refractivity (Wildman–Crippen MR) is 82.7 cm³/mol. The van der Waals surface area contributed by atoms with Crippen LogP contribution in [0.3, 0.4) is 0 Å². The summed E-state index contributed by atoms with van der Waals surface area (Å²) in [5.74, 6) is 0.400. The van der Waals surface area contributed by atoms with E-state index in [0.29, 0.717) is 5.95 Å². The zero-order chi connectivity index (χ0) is 14.4. The molecule has 0 fully saturated rings. The number of para-hydroxylation sites is 1. The molecule has 2 aromatic rings. The molecule has 0 unspecified atom stereocenters. The largest absolute Gasteiger partial charge is 0.375 e. The molecule has 106 valence electrons. The summed E-state index contributed by atoms with van der Waals surface area (Å²) in [4.78, 5) is 13.8. The van der Waals surface area contributed by atoms with E-state index in [4.69, 9.17) is 23.2 Å². The predicted octanol–water partition coefficient (Wildman–Crippen LogP) is 3.12. The molecule has 0 spiro atoms. The second kappa shape index (κ2) is 7.26. The average molecular weight is 312 g/mol. The third kappa shape index (κ3) is 4.51. The lowest BCUT2D eigenvalue weighted by molar-refractivity contribution is 0.809. The summed E-state index contributed by atoms with van der Waals surface area (Å²) < 4.78 is 0. The van der Waals surface area contributed by atoms with Gasteiger partial charge in [-0.2, -0.15) is 15.0 Å². The van der Waals surface area contributed by atoms with Crippen LogP contribution < -0.4 is 10.2 Å². The monoisotopic (exact) mass is 311 g/mol. The molecule has 1 aromatic carbocycles. The van der Waals surface area contributed by atoms with Crippen LogP contribution in [0.5, 0.6) is 0 Å². The second-order valence-corrected chi connectivity index (χ2v) is 4.91. The molecule has 0 saturated carbocycles. The topological polar surface area (TPSA) is 53.9 Å². The minimum absolute atomic E-state index is 0.0916. The molecule has 20 heavy (non-hydrogen) atoms. The molecule has 2 rings (SSSR count). The fraction of sp³-hybridized carbons (Fsp3) is 0.308. The summed E-state index contributed by atoms with van der Waals surface area (Å²) in [6.45, 7) is 1.65. The highest BCUT2D eigenvalue weighted by molar-refractivity contribution is 6.31. The third-order valence-electron chi connectivity index (χ3n) is 2.73. The van der Waals surface area contributed by atoms with E-state index < -0.39 is 0 Å². The minimum atomic E-state index is 0.0916. The third-order valence-corrected chi connectivity index (χ3v) is 3.07. The maximum atomic E-state index is 5.70. The maximum Gasteiger partial charge on any atom is 0.228 e. The normalized spacial score (nSPS) is 10.3. The molecule has 0 aliphatic carbocycles. The van der Waals surface area contributed by atoms with E-state index >= 15 is 0 Å². The van der Waals surface area contributed by atoms with Gasteiger partial charge in [0.2, 0.25) is 16.5 Å². The number of halogens is 2. The van der Waals surface area contributed by atoms with E-state index in [0.717, 1.165) is 19.5 Å². The van der Waals surface area contributed by atoms with Crippen molar-refractivity contribution in [2.24, 2.45) is 0 Å². The van der Waals surface area contributed by atoms with Gasteiger partial charge in [-0.3, -0.25) is 0 Å². The van der Waals surface area contributed by atoms with Crippen LogP contribution in [0.2, 0.25) is 10.6 Å². The first-order valence-electron chi connectivity index (χ1n) is 6.22. The Morgan fingerprint density at radius 1 is 1.05 bits per heavy atom. The van der Waals surface area contributed by atoms with E-state index in [1.807, 2.05) is 18.2 Å². The Morgan fingerprint density at radius 2 is 1.70 bits per heavy atom. The van der Waals surface area contributed by atoms with Crippen LogP contribution in [0.1, 0.15) is 6.42 Å². The quantitative estimate of drug-likeness (QED) is 0.831. The molecule has 7 heteroatoms. The van der Waals surface area contributed by atoms with Gasteiger partial charge in [-0.1, -0.05) is 18.2 Å². The molecular formula is C13H15Cl2N5. The Morgan fingerprint density at radius 3 is 2.35 bits per heavy atom. The fourth-order valence-electron chi connectivity index (χ4n) is 1.73. The Labute approximate surface area is 128 Å². The molecule has 1 N–H and O–H groups in total. The number of benzene rings is 1. The van der Waals surface area contributed by atoms with Crippen molar-refractivity contribution in [3.8, 4) is 0 Å². The SMILES string of the molecule is CN(CCCNc1nc(Cl)nc(Cl)n1)c1ccccc1. The molecule has 0 atom stereocenters. The second-order valence-electron chi connectivity index (χ2n) is 4.23. The zero-order valence-electron chi connectivity index (χ0n) is 11.1. The average Bonchev–Trinajstić information content (AvgIpc) is 2.43. The zero-order valence-corrected chi connectivity index (χ0v) is 12.6. The van der Waals surface area contributed by atoms with Crippen LogP contribution in [0.15, 0.2) is 30.3 Å². The van der Waals surface area contributed by atoms with E-state index in [1.54, 1.807) is 0 Å². The summed E-state index contributed by atoms with van der Waals surface area (Å²) in [6.07, 6.45) is 0.937. The Balaban J connectivity index is 1.76. The van der Waals surface area contributed by atoms with Gasteiger partial charge in [-0.25, -0.2) is 0 Å². The van der Waals surface area contributed by atoms with Crippen molar-refractivity contribution in [1.29, 1.82) is 0 Å². The molecule has 0 radical (unpaired) electrons. The summed E-state index contributed by atoms with van der Waals surface area (Å²) in [7, 11) is 2.06. The van der Waals surface area contributed by atoms with Gasteiger partial charge in [-0.15, -0.1) is 0 Å². The maximum absolute atomic E-state index is 5.70. The highest BCUT2D eigenvalue weighted by atomic mass is 35.5. The van der Waals surface area contributed by atoms with Crippen LogP contribution in [0, 0.1) is 0 Å². The lowest BCUT2D eigenvalue weighted by Crippen LogP contribution is -2.21. The molecule has 0 aliphatic rings. The van der Waals surface area contributed by atoms with Gasteiger partial charge in [-0.05, 0) is 41.8 Å². The summed E-state index contributed by atoms with van der Waals surface area (Å²) in [6, 6.07) is 10.2. The molecule has 5 nitrogen and oxygen atoms in total. The van der Waals surface area contributed by atoms with E-state index in [9.17, 15) is 0 Å². The van der Waals surface area contributed by atoms with Crippen molar-refractivity contribution in [3.63, 3.8) is 0 Å². The Kier molecular flexibility index (Phi) is 5.38. The summed E-state index contributed by atoms with van der Waals surface area (Å²) >= 11 is 11.4. The highest BCUT2D eigenvalue weighted by Gasteiger charge is 2.03. The smallest absolute Gasteiger partial charge is 0.228 e. The van der Waals surface area contributed by atoms with Crippen LogP contribution in [0.4, 0.5) is 11.6 Å². The van der Waals surface area contributed by atoms with Crippen molar-refractivity contribution in [2.45, 2.75) is 6.42 Å². The van der Waals surface area contributed by atoms with Crippen molar-refractivity contribution in [2.75, 3.05) is 30.4 Å². The molecule has 0 saturated heterocycles. The van der Waals surface area contributed by atoms with Gasteiger partial charge in [0.1, 0.15) is 0 Å². The van der Waals surface area contributed by atoms with Crippen LogP contribution in [0.25, 0.3) is 0 Å². The lowest BCUT2D eigenvalue weighted by Gasteiger charge is -2.19. The number of aromatic nitrogens is 3. The van der Waals surface area contributed by atoms with Crippen molar-refractivity contribution in [3.05, 3.63) is 40.9 Å². The van der Waals surface area contributed by atoms with E-state index in [2.05, 4.69) is 44.3 Å². The number of nitrogens with zero attached hydrogens (tertiary/aromatic N) is 4. The number of hydrogen-bond acceptors (Lipinski definition) is 5.